The van der Waals surface area contributed by atoms with Crippen molar-refractivity contribution in [3.8, 4) is 0 Å². The smallest absolute Gasteiger partial charge is 0.274 e. The second kappa shape index (κ2) is 6.07. The monoisotopic (exact) mass is 347 g/mol. The third-order valence-corrected chi connectivity index (χ3v) is 9.25. The summed E-state index contributed by atoms with van der Waals surface area (Å²) in [5.41, 5.74) is 0. The maximum Gasteiger partial charge on any atom is 0.274 e. The normalized spacial score (nSPS) is 24.2. The van der Waals surface area contributed by atoms with Crippen LogP contribution < -0.4 is 0 Å². The van der Waals surface area contributed by atoms with E-state index in [9.17, 15) is 25.8 Å². The van der Waals surface area contributed by atoms with E-state index in [0.29, 0.717) is 0 Å². The Morgan fingerprint density at radius 2 is 1.62 bits per heavy atom. The molecule has 1 heterocycles. The lowest BCUT2D eigenvalue weighted by molar-refractivity contribution is 0.0712. The number of halogens is 1. The van der Waals surface area contributed by atoms with Crippen LogP contribution in [0.3, 0.4) is 0 Å². The number of alkyl halides is 1. The van der Waals surface area contributed by atoms with Gasteiger partial charge in [-0.2, -0.15) is 12.7 Å². The first-order chi connectivity index (χ1) is 9.48. The second-order valence-corrected chi connectivity index (χ2v) is 9.66. The molecule has 10 heteroatoms. The first kappa shape index (κ1) is 18.8. The Balaban J connectivity index is 3.43. The van der Waals surface area contributed by atoms with Crippen molar-refractivity contribution < 1.29 is 30.5 Å². The molecule has 0 amide bonds. The zero-order chi connectivity index (χ0) is 16.5. The molecule has 0 aromatic carbocycles. The Morgan fingerprint density at radius 3 is 1.95 bits per heavy atom. The Kier molecular flexibility index (Phi) is 5.42. The van der Waals surface area contributed by atoms with Crippen LogP contribution in [0.2, 0.25) is 0 Å². The quantitative estimate of drug-likeness (QED) is 0.700. The van der Waals surface area contributed by atoms with Gasteiger partial charge in [-0.15, -0.1) is 0 Å². The Morgan fingerprint density at radius 1 is 1.14 bits per heavy atom. The van der Waals surface area contributed by atoms with Gasteiger partial charge in [0.2, 0.25) is 10.0 Å². The predicted molar refractivity (Wildman–Crippen MR) is 75.9 cm³/mol. The lowest BCUT2D eigenvalue weighted by atomic mass is 9.92. The average Bonchev–Trinajstić information content (AvgIpc) is 2.44. The van der Waals surface area contributed by atoms with Crippen molar-refractivity contribution >= 4 is 20.1 Å². The molecule has 1 fully saturated rings. The van der Waals surface area contributed by atoms with Gasteiger partial charge in [0.15, 0.2) is 0 Å². The van der Waals surface area contributed by atoms with Gasteiger partial charge in [-0.1, -0.05) is 6.92 Å². The summed E-state index contributed by atoms with van der Waals surface area (Å²) in [6.45, 7) is 2.57. The second-order valence-electron chi connectivity index (χ2n) is 5.44. The number of nitrogens with zero attached hydrogens (tertiary/aromatic N) is 1. The number of morpholine rings is 1. The van der Waals surface area contributed by atoms with Crippen LogP contribution in [0.25, 0.3) is 0 Å². The highest BCUT2D eigenvalue weighted by molar-refractivity contribution is 7.93. The number of hydrogen-bond acceptors (Lipinski definition) is 5. The molecule has 126 valence electrons. The van der Waals surface area contributed by atoms with E-state index in [1.807, 2.05) is 0 Å². The van der Waals surface area contributed by atoms with E-state index in [-0.39, 0.29) is 32.7 Å². The predicted octanol–water partition coefficient (Wildman–Crippen LogP) is 0.433. The fourth-order valence-corrected chi connectivity index (χ4v) is 6.01. The zero-order valence-electron chi connectivity index (χ0n) is 12.4. The highest BCUT2D eigenvalue weighted by Gasteiger charge is 2.61. The van der Waals surface area contributed by atoms with Crippen LogP contribution in [0.4, 0.5) is 4.39 Å². The van der Waals surface area contributed by atoms with E-state index in [4.69, 9.17) is 4.74 Å². The van der Waals surface area contributed by atoms with E-state index in [1.54, 1.807) is 0 Å². The molecular formula is C11H22FNO6S2. The fraction of sp³-hybridized carbons (Fsp3) is 1.00. The number of ether oxygens (including phenoxy) is 1. The molecular weight excluding hydrogens is 325 g/mol. The fourth-order valence-electron chi connectivity index (χ4n) is 2.38. The third-order valence-electron chi connectivity index (χ3n) is 4.50. The SMILES string of the molecule is CCC(C)(C(C)(CF)S(=O)(=O)O)S(=O)(=O)N1CCOCC1. The third kappa shape index (κ3) is 2.83. The molecule has 21 heavy (non-hydrogen) atoms. The van der Waals surface area contributed by atoms with Crippen molar-refractivity contribution in [1.29, 1.82) is 0 Å². The van der Waals surface area contributed by atoms with Crippen molar-refractivity contribution in [2.45, 2.75) is 36.7 Å². The van der Waals surface area contributed by atoms with Gasteiger partial charge >= 0.3 is 0 Å². The first-order valence-corrected chi connectivity index (χ1v) is 9.46. The van der Waals surface area contributed by atoms with Crippen LogP contribution in [-0.4, -0.2) is 68.2 Å². The molecule has 0 aromatic rings. The van der Waals surface area contributed by atoms with Crippen molar-refractivity contribution in [3.63, 3.8) is 0 Å². The molecule has 2 atom stereocenters. The van der Waals surface area contributed by atoms with Crippen molar-refractivity contribution in [3.05, 3.63) is 0 Å². The summed E-state index contributed by atoms with van der Waals surface area (Å²) >= 11 is 0. The molecule has 1 rings (SSSR count). The van der Waals surface area contributed by atoms with Gasteiger partial charge in [0.1, 0.15) is 16.2 Å². The number of rotatable bonds is 6. The van der Waals surface area contributed by atoms with Crippen LogP contribution in [0.15, 0.2) is 0 Å². The summed E-state index contributed by atoms with van der Waals surface area (Å²) in [6.07, 6.45) is -0.160. The average molecular weight is 347 g/mol. The minimum atomic E-state index is -4.92. The van der Waals surface area contributed by atoms with E-state index >= 15 is 0 Å². The van der Waals surface area contributed by atoms with Gasteiger partial charge in [-0.25, -0.2) is 12.8 Å². The molecule has 1 N–H and O–H groups in total. The summed E-state index contributed by atoms with van der Waals surface area (Å²) in [5.74, 6) is 0. The summed E-state index contributed by atoms with van der Waals surface area (Å²) in [5, 5.41) is 0. The van der Waals surface area contributed by atoms with Crippen LogP contribution >= 0.6 is 0 Å². The Hall–Kier alpha value is -0.290. The summed E-state index contributed by atoms with van der Waals surface area (Å²) in [7, 11) is -9.07. The molecule has 0 aromatic heterocycles. The van der Waals surface area contributed by atoms with Crippen LogP contribution in [0, 0.1) is 0 Å². The van der Waals surface area contributed by atoms with Crippen molar-refractivity contribution in [1.82, 2.24) is 4.31 Å². The molecule has 7 nitrogen and oxygen atoms in total. The van der Waals surface area contributed by atoms with Gasteiger partial charge in [-0.05, 0) is 20.3 Å². The molecule has 0 spiro atoms. The maximum atomic E-state index is 13.5. The van der Waals surface area contributed by atoms with Crippen LogP contribution in [0.5, 0.6) is 0 Å². The largest absolute Gasteiger partial charge is 0.379 e. The maximum absolute atomic E-state index is 13.5. The van der Waals surface area contributed by atoms with Gasteiger partial charge in [-0.3, -0.25) is 4.55 Å². The van der Waals surface area contributed by atoms with Gasteiger partial charge in [0.25, 0.3) is 10.1 Å². The van der Waals surface area contributed by atoms with Crippen LogP contribution in [-0.2, 0) is 24.9 Å². The van der Waals surface area contributed by atoms with E-state index < -0.39 is 36.3 Å². The zero-order valence-corrected chi connectivity index (χ0v) is 14.0. The summed E-state index contributed by atoms with van der Waals surface area (Å²) < 4.78 is 73.5. The topological polar surface area (TPSA) is 101 Å². The Bertz CT molecular complexity index is 572. The van der Waals surface area contributed by atoms with Gasteiger partial charge < -0.3 is 4.74 Å². The molecule has 0 saturated carbocycles. The molecule has 1 aliphatic rings. The van der Waals surface area contributed by atoms with E-state index in [0.717, 1.165) is 18.2 Å². The molecule has 0 radical (unpaired) electrons. The van der Waals surface area contributed by atoms with Gasteiger partial charge in [0, 0.05) is 13.1 Å². The van der Waals surface area contributed by atoms with Crippen molar-refractivity contribution in [2.24, 2.45) is 0 Å². The summed E-state index contributed by atoms with van der Waals surface area (Å²) in [4.78, 5) is 0. The highest BCUT2D eigenvalue weighted by Crippen LogP contribution is 2.41. The highest BCUT2D eigenvalue weighted by atomic mass is 32.2. The minimum Gasteiger partial charge on any atom is -0.379 e. The molecule has 0 bridgehead atoms. The number of hydrogen-bond donors (Lipinski definition) is 1. The van der Waals surface area contributed by atoms with E-state index in [1.165, 1.54) is 6.92 Å². The van der Waals surface area contributed by atoms with Gasteiger partial charge in [0.05, 0.1) is 13.2 Å². The van der Waals surface area contributed by atoms with Crippen molar-refractivity contribution in [2.75, 3.05) is 33.0 Å². The van der Waals surface area contributed by atoms with Crippen LogP contribution in [0.1, 0.15) is 27.2 Å². The molecule has 0 aliphatic carbocycles. The Labute approximate surface area is 125 Å². The van der Waals surface area contributed by atoms with E-state index in [2.05, 4.69) is 0 Å². The minimum absolute atomic E-state index is 0.0752. The molecule has 1 saturated heterocycles. The molecule has 1 aliphatic heterocycles. The first-order valence-electron chi connectivity index (χ1n) is 6.58. The number of sulfonamides is 1. The standard InChI is InChI=1S/C11H22FNO6S2/c1-4-10(2,11(3,9-12)21(16,17)18)20(14,15)13-5-7-19-8-6-13/h4-9H2,1-3H3,(H,16,17,18). The lowest BCUT2D eigenvalue weighted by Crippen LogP contribution is -2.64. The molecule has 2 unspecified atom stereocenters. The summed E-state index contributed by atoms with van der Waals surface area (Å²) in [6, 6.07) is 0. The lowest BCUT2D eigenvalue weighted by Gasteiger charge is -2.44.